The van der Waals surface area contributed by atoms with Gasteiger partial charge in [0, 0.05) is 0 Å². The Hall–Kier alpha value is -2.09. The van der Waals surface area contributed by atoms with Crippen LogP contribution in [0.15, 0.2) is 54.6 Å². The van der Waals surface area contributed by atoms with Crippen LogP contribution < -0.4 is 0 Å². The summed E-state index contributed by atoms with van der Waals surface area (Å²) in [5.41, 5.74) is 2.65. The first-order valence-corrected chi connectivity index (χ1v) is 10.6. The average Bonchev–Trinajstić information content (AvgIpc) is 2.73. The van der Waals surface area contributed by atoms with E-state index in [0.717, 1.165) is 24.0 Å². The van der Waals surface area contributed by atoms with Gasteiger partial charge in [0.1, 0.15) is 0 Å². The van der Waals surface area contributed by atoms with E-state index < -0.39 is 0 Å². The molecule has 2 rings (SSSR count). The summed E-state index contributed by atoms with van der Waals surface area (Å²) in [5.74, 6) is 0.277. The SMILES string of the molecule is CCCCCCC(CCCC)COC(=O)c1ccccc1-c1ccccc1. The molecule has 0 aliphatic carbocycles. The standard InChI is InChI=1S/C25H34O2/c1-3-5-7-9-15-21(14-6-4-2)20-27-25(26)24-19-13-12-18-23(24)22-16-10-8-11-17-22/h8,10-13,16-19,21H,3-7,9,14-15,20H2,1-2H3. The lowest BCUT2D eigenvalue weighted by atomic mass is 9.96. The van der Waals surface area contributed by atoms with Crippen LogP contribution in [0.1, 0.15) is 75.6 Å². The fraction of sp³-hybridized carbons (Fsp3) is 0.480. The lowest BCUT2D eigenvalue weighted by Crippen LogP contribution is -2.15. The summed E-state index contributed by atoms with van der Waals surface area (Å²) < 4.78 is 5.77. The van der Waals surface area contributed by atoms with Gasteiger partial charge >= 0.3 is 5.97 Å². The van der Waals surface area contributed by atoms with Crippen molar-refractivity contribution in [3.63, 3.8) is 0 Å². The predicted octanol–water partition coefficient (Wildman–Crippen LogP) is 7.29. The van der Waals surface area contributed by atoms with Gasteiger partial charge in [0.25, 0.3) is 0 Å². The second-order valence-electron chi connectivity index (χ2n) is 7.37. The minimum atomic E-state index is -0.204. The third-order valence-electron chi connectivity index (χ3n) is 5.11. The van der Waals surface area contributed by atoms with E-state index in [-0.39, 0.29) is 5.97 Å². The van der Waals surface area contributed by atoms with E-state index in [9.17, 15) is 4.79 Å². The maximum Gasteiger partial charge on any atom is 0.338 e. The van der Waals surface area contributed by atoms with E-state index >= 15 is 0 Å². The first-order chi connectivity index (χ1) is 13.3. The van der Waals surface area contributed by atoms with Crippen LogP contribution in [-0.2, 0) is 4.74 Å². The molecule has 27 heavy (non-hydrogen) atoms. The molecule has 0 heterocycles. The van der Waals surface area contributed by atoms with Crippen LogP contribution in [0.3, 0.4) is 0 Å². The van der Waals surface area contributed by atoms with E-state index in [1.54, 1.807) is 0 Å². The van der Waals surface area contributed by atoms with Gasteiger partial charge in [-0.1, -0.05) is 101 Å². The zero-order valence-electron chi connectivity index (χ0n) is 17.0. The Morgan fingerprint density at radius 3 is 2.22 bits per heavy atom. The smallest absolute Gasteiger partial charge is 0.338 e. The van der Waals surface area contributed by atoms with Crippen LogP contribution in [0, 0.1) is 5.92 Å². The minimum Gasteiger partial charge on any atom is -0.462 e. The molecule has 0 saturated heterocycles. The Balaban J connectivity index is 1.98. The zero-order chi connectivity index (χ0) is 19.3. The highest BCUT2D eigenvalue weighted by molar-refractivity contribution is 5.97. The molecule has 0 fully saturated rings. The fourth-order valence-corrected chi connectivity index (χ4v) is 3.47. The van der Waals surface area contributed by atoms with Crippen molar-refractivity contribution in [2.24, 2.45) is 5.92 Å². The molecule has 146 valence electrons. The normalized spacial score (nSPS) is 11.9. The van der Waals surface area contributed by atoms with Gasteiger partial charge in [-0.2, -0.15) is 0 Å². The summed E-state index contributed by atoms with van der Waals surface area (Å²) in [6.07, 6.45) is 9.77. The molecule has 0 amide bonds. The maximum atomic E-state index is 12.8. The number of carbonyl (C=O) groups is 1. The molecule has 2 aromatic carbocycles. The first-order valence-electron chi connectivity index (χ1n) is 10.6. The molecule has 2 heteroatoms. The number of unbranched alkanes of at least 4 members (excludes halogenated alkanes) is 4. The van der Waals surface area contributed by atoms with Crippen molar-refractivity contribution in [1.82, 2.24) is 0 Å². The highest BCUT2D eigenvalue weighted by atomic mass is 16.5. The number of benzene rings is 2. The number of hydrogen-bond acceptors (Lipinski definition) is 2. The van der Waals surface area contributed by atoms with Gasteiger partial charge in [-0.15, -0.1) is 0 Å². The molecule has 0 aromatic heterocycles. The Kier molecular flexibility index (Phi) is 9.68. The highest BCUT2D eigenvalue weighted by Gasteiger charge is 2.16. The number of hydrogen-bond donors (Lipinski definition) is 0. The Bertz CT molecular complexity index is 663. The molecular formula is C25H34O2. The maximum absolute atomic E-state index is 12.8. The second kappa shape index (κ2) is 12.3. The topological polar surface area (TPSA) is 26.3 Å². The lowest BCUT2D eigenvalue weighted by molar-refractivity contribution is 0.0423. The van der Waals surface area contributed by atoms with Crippen molar-refractivity contribution in [2.75, 3.05) is 6.61 Å². The summed E-state index contributed by atoms with van der Waals surface area (Å²) in [7, 11) is 0. The van der Waals surface area contributed by atoms with E-state index in [1.807, 2.05) is 54.6 Å². The largest absolute Gasteiger partial charge is 0.462 e. The first kappa shape index (κ1) is 21.2. The van der Waals surface area contributed by atoms with Crippen molar-refractivity contribution in [2.45, 2.75) is 65.2 Å². The molecular weight excluding hydrogens is 332 g/mol. The van der Waals surface area contributed by atoms with Crippen LogP contribution in [0.2, 0.25) is 0 Å². The second-order valence-corrected chi connectivity index (χ2v) is 7.37. The molecule has 0 radical (unpaired) electrons. The summed E-state index contributed by atoms with van der Waals surface area (Å²) in [4.78, 5) is 12.8. The molecule has 2 aromatic rings. The minimum absolute atomic E-state index is 0.204. The predicted molar refractivity (Wildman–Crippen MR) is 114 cm³/mol. The Morgan fingerprint density at radius 1 is 0.815 bits per heavy atom. The summed E-state index contributed by atoms with van der Waals surface area (Å²) in [6.45, 7) is 4.99. The van der Waals surface area contributed by atoms with Gasteiger partial charge in [0.2, 0.25) is 0 Å². The van der Waals surface area contributed by atoms with E-state index in [2.05, 4.69) is 13.8 Å². The van der Waals surface area contributed by atoms with Crippen LogP contribution in [0.4, 0.5) is 0 Å². The van der Waals surface area contributed by atoms with E-state index in [0.29, 0.717) is 18.1 Å². The van der Waals surface area contributed by atoms with Crippen molar-refractivity contribution in [1.29, 1.82) is 0 Å². The van der Waals surface area contributed by atoms with Crippen molar-refractivity contribution < 1.29 is 9.53 Å². The monoisotopic (exact) mass is 366 g/mol. The summed E-state index contributed by atoms with van der Waals surface area (Å²) in [6, 6.07) is 17.8. The third kappa shape index (κ3) is 7.21. The summed E-state index contributed by atoms with van der Waals surface area (Å²) >= 11 is 0. The van der Waals surface area contributed by atoms with Crippen molar-refractivity contribution in [3.8, 4) is 11.1 Å². The summed E-state index contributed by atoms with van der Waals surface area (Å²) in [5, 5.41) is 0. The fourth-order valence-electron chi connectivity index (χ4n) is 3.47. The number of rotatable bonds is 12. The van der Waals surface area contributed by atoms with Crippen LogP contribution >= 0.6 is 0 Å². The van der Waals surface area contributed by atoms with Crippen molar-refractivity contribution in [3.05, 3.63) is 60.2 Å². The number of esters is 1. The Morgan fingerprint density at radius 2 is 1.48 bits per heavy atom. The van der Waals surface area contributed by atoms with E-state index in [4.69, 9.17) is 4.74 Å². The molecule has 0 aliphatic heterocycles. The molecule has 0 spiro atoms. The molecule has 2 nitrogen and oxygen atoms in total. The Labute approximate surface area is 165 Å². The van der Waals surface area contributed by atoms with Gasteiger partial charge in [0.05, 0.1) is 12.2 Å². The van der Waals surface area contributed by atoms with Gasteiger partial charge < -0.3 is 4.74 Å². The van der Waals surface area contributed by atoms with Gasteiger partial charge in [-0.25, -0.2) is 4.79 Å². The molecule has 0 bridgehead atoms. The highest BCUT2D eigenvalue weighted by Crippen LogP contribution is 2.25. The van der Waals surface area contributed by atoms with Gasteiger partial charge in [-0.05, 0) is 36.0 Å². The van der Waals surface area contributed by atoms with E-state index in [1.165, 1.54) is 38.5 Å². The third-order valence-corrected chi connectivity index (χ3v) is 5.11. The zero-order valence-corrected chi connectivity index (χ0v) is 17.0. The molecule has 0 saturated carbocycles. The number of ether oxygens (including phenoxy) is 1. The molecule has 0 N–H and O–H groups in total. The molecule has 1 atom stereocenters. The number of carbonyl (C=O) groups excluding carboxylic acids is 1. The van der Waals surface area contributed by atoms with Crippen LogP contribution in [0.5, 0.6) is 0 Å². The van der Waals surface area contributed by atoms with Crippen molar-refractivity contribution >= 4 is 5.97 Å². The van der Waals surface area contributed by atoms with Gasteiger partial charge in [0.15, 0.2) is 0 Å². The molecule has 1 unspecified atom stereocenters. The molecule has 0 aliphatic rings. The lowest BCUT2D eigenvalue weighted by Gasteiger charge is -2.17. The van der Waals surface area contributed by atoms with Crippen LogP contribution in [0.25, 0.3) is 11.1 Å². The van der Waals surface area contributed by atoms with Gasteiger partial charge in [-0.3, -0.25) is 0 Å². The average molecular weight is 367 g/mol. The van der Waals surface area contributed by atoms with Crippen LogP contribution in [-0.4, -0.2) is 12.6 Å². The quantitative estimate of drug-likeness (QED) is 0.291.